The first-order valence-electron chi connectivity index (χ1n) is 5.25. The minimum absolute atomic E-state index is 0.102. The van der Waals surface area contributed by atoms with E-state index in [2.05, 4.69) is 0 Å². The quantitative estimate of drug-likeness (QED) is 0.523. The molecule has 0 aliphatic heterocycles. The first-order chi connectivity index (χ1) is 8.18. The minimum atomic E-state index is -1.19. The SMILES string of the molecule is ClCC1(CCl)[C@@H]2CC(Cl)(Cl)[C@@]1(CCl)[C@H](Cl)C2(Cl)Cl. The van der Waals surface area contributed by atoms with Crippen LogP contribution in [0.2, 0.25) is 0 Å². The van der Waals surface area contributed by atoms with Crippen molar-refractivity contribution < 1.29 is 0 Å². The molecule has 2 aliphatic carbocycles. The van der Waals surface area contributed by atoms with Gasteiger partial charge < -0.3 is 0 Å². The summed E-state index contributed by atoms with van der Waals surface area (Å²) in [5, 5.41) is -0.711. The molecule has 0 unspecified atom stereocenters. The molecule has 0 aromatic rings. The van der Waals surface area contributed by atoms with E-state index < -0.39 is 24.9 Å². The zero-order valence-corrected chi connectivity index (χ0v) is 15.1. The lowest BCUT2D eigenvalue weighted by atomic mass is 9.70. The van der Waals surface area contributed by atoms with Crippen molar-refractivity contribution in [2.45, 2.75) is 20.5 Å². The molecule has 0 aromatic heterocycles. The zero-order valence-electron chi connectivity index (χ0n) is 9.01. The van der Waals surface area contributed by atoms with Crippen LogP contribution in [0, 0.1) is 16.7 Å². The average molecular weight is 414 g/mol. The highest BCUT2D eigenvalue weighted by molar-refractivity contribution is 6.56. The van der Waals surface area contributed by atoms with E-state index in [4.69, 9.17) is 92.8 Å². The average Bonchev–Trinajstić information content (AvgIpc) is 2.60. The summed E-state index contributed by atoms with van der Waals surface area (Å²) in [7, 11) is 0. The van der Waals surface area contributed by atoms with Gasteiger partial charge in [-0.15, -0.1) is 69.6 Å². The molecule has 2 bridgehead atoms. The van der Waals surface area contributed by atoms with Gasteiger partial charge in [0.15, 0.2) is 0 Å². The molecule has 0 nitrogen and oxygen atoms in total. The molecule has 2 rings (SSSR count). The Bertz CT molecular complexity index is 350. The molecule has 0 N–H and O–H groups in total. The van der Waals surface area contributed by atoms with Crippen molar-refractivity contribution in [3.05, 3.63) is 0 Å². The van der Waals surface area contributed by atoms with Crippen LogP contribution in [-0.4, -0.2) is 31.7 Å². The van der Waals surface area contributed by atoms with Crippen molar-refractivity contribution >= 4 is 92.8 Å². The van der Waals surface area contributed by atoms with Crippen molar-refractivity contribution in [3.8, 4) is 0 Å². The second-order valence-corrected chi connectivity index (χ2v) is 9.19. The fraction of sp³-hybridized carbons (Fsp3) is 1.00. The third kappa shape index (κ3) is 1.62. The second kappa shape index (κ2) is 4.92. The molecule has 106 valence electrons. The molecule has 0 amide bonds. The zero-order chi connectivity index (χ0) is 14.0. The molecular weight excluding hydrogens is 404 g/mol. The monoisotopic (exact) mass is 410 g/mol. The first kappa shape index (κ1) is 16.7. The second-order valence-electron chi connectivity index (χ2n) is 5.03. The van der Waals surface area contributed by atoms with Crippen LogP contribution in [0.1, 0.15) is 6.42 Å². The van der Waals surface area contributed by atoms with Crippen molar-refractivity contribution in [2.75, 3.05) is 17.6 Å². The predicted octanol–water partition coefficient (Wildman–Crippen LogP) is 5.66. The van der Waals surface area contributed by atoms with Crippen LogP contribution in [-0.2, 0) is 0 Å². The summed E-state index contributed by atoms with van der Waals surface area (Å²) >= 11 is 50.6. The van der Waals surface area contributed by atoms with Gasteiger partial charge in [0.05, 0.1) is 5.38 Å². The van der Waals surface area contributed by atoms with Crippen molar-refractivity contribution in [3.63, 3.8) is 0 Å². The fourth-order valence-corrected chi connectivity index (χ4v) is 8.24. The van der Waals surface area contributed by atoms with E-state index >= 15 is 0 Å². The lowest BCUT2D eigenvalue weighted by Gasteiger charge is -2.47. The van der Waals surface area contributed by atoms with Gasteiger partial charge in [0.2, 0.25) is 0 Å². The summed E-state index contributed by atoms with van der Waals surface area (Å²) in [6, 6.07) is 0. The molecule has 0 aromatic carbocycles. The summed E-state index contributed by atoms with van der Waals surface area (Å²) in [6.07, 6.45) is 0.374. The minimum Gasteiger partial charge on any atom is -0.126 e. The van der Waals surface area contributed by atoms with Gasteiger partial charge in [-0.3, -0.25) is 0 Å². The Balaban J connectivity index is 2.70. The lowest BCUT2D eigenvalue weighted by molar-refractivity contribution is 0.160. The summed E-state index contributed by atoms with van der Waals surface area (Å²) in [5.74, 6) is 0.226. The summed E-state index contributed by atoms with van der Waals surface area (Å²) < 4.78 is -2.32. The van der Waals surface area contributed by atoms with Gasteiger partial charge in [0.25, 0.3) is 0 Å². The van der Waals surface area contributed by atoms with E-state index in [1.54, 1.807) is 0 Å². The van der Waals surface area contributed by atoms with E-state index in [1.807, 2.05) is 0 Å². The number of hydrogen-bond acceptors (Lipinski definition) is 0. The molecule has 0 heterocycles. The van der Waals surface area contributed by atoms with Crippen LogP contribution >= 0.6 is 92.8 Å². The molecule has 3 atom stereocenters. The van der Waals surface area contributed by atoms with Crippen molar-refractivity contribution in [1.82, 2.24) is 0 Å². The number of rotatable bonds is 3. The van der Waals surface area contributed by atoms with Gasteiger partial charge in [-0.1, -0.05) is 23.2 Å². The normalized spacial score (nSPS) is 43.3. The van der Waals surface area contributed by atoms with Crippen LogP contribution in [0.25, 0.3) is 0 Å². The van der Waals surface area contributed by atoms with Gasteiger partial charge in [-0.05, 0) is 6.42 Å². The summed E-state index contributed by atoms with van der Waals surface area (Å²) in [4.78, 5) is 0. The molecule has 8 heteroatoms. The maximum Gasteiger partial charge on any atom is 0.138 e. The Labute approximate surface area is 146 Å². The predicted molar refractivity (Wildman–Crippen MR) is 83.6 cm³/mol. The van der Waals surface area contributed by atoms with Crippen LogP contribution in [0.4, 0.5) is 0 Å². The topological polar surface area (TPSA) is 0 Å². The molecule has 2 aliphatic rings. The Kier molecular flexibility index (Phi) is 4.56. The van der Waals surface area contributed by atoms with Crippen molar-refractivity contribution in [1.29, 1.82) is 0 Å². The highest BCUT2D eigenvalue weighted by atomic mass is 35.5. The Morgan fingerprint density at radius 3 is 1.72 bits per heavy atom. The molecule has 2 saturated carbocycles. The molecule has 0 spiro atoms. The summed E-state index contributed by atoms with van der Waals surface area (Å²) in [6.45, 7) is 0. The van der Waals surface area contributed by atoms with Gasteiger partial charge in [0, 0.05) is 34.4 Å². The van der Waals surface area contributed by atoms with Crippen LogP contribution in [0.5, 0.6) is 0 Å². The standard InChI is InChI=1S/C10H10Cl8/c11-2-7(3-12)5-1-9(15,16)8(7,4-13)6(14)10(5,17)18/h5-6H,1-4H2/t5-,6-,8-/m0/s1. The third-order valence-corrected chi connectivity index (χ3v) is 8.85. The number of alkyl halides is 8. The van der Waals surface area contributed by atoms with Gasteiger partial charge >= 0.3 is 0 Å². The number of fused-ring (bicyclic) bond motifs is 2. The third-order valence-electron chi connectivity index (χ3n) is 4.59. The Hall–Kier alpha value is 2.32. The maximum absolute atomic E-state index is 6.45. The molecule has 18 heavy (non-hydrogen) atoms. The van der Waals surface area contributed by atoms with E-state index in [9.17, 15) is 0 Å². The van der Waals surface area contributed by atoms with Crippen molar-refractivity contribution in [2.24, 2.45) is 16.7 Å². The van der Waals surface area contributed by atoms with E-state index in [1.165, 1.54) is 0 Å². The Morgan fingerprint density at radius 2 is 1.39 bits per heavy atom. The molecule has 2 fully saturated rings. The summed E-state index contributed by atoms with van der Waals surface area (Å²) in [5.41, 5.74) is -1.58. The lowest BCUT2D eigenvalue weighted by Crippen LogP contribution is -2.55. The maximum atomic E-state index is 6.45. The molecular formula is C10H10Cl8. The highest BCUT2D eigenvalue weighted by Crippen LogP contribution is 2.80. The van der Waals surface area contributed by atoms with Crippen LogP contribution in [0.15, 0.2) is 0 Å². The molecule has 0 radical (unpaired) electrons. The largest absolute Gasteiger partial charge is 0.138 e. The van der Waals surface area contributed by atoms with E-state index in [0.29, 0.717) is 6.42 Å². The van der Waals surface area contributed by atoms with Gasteiger partial charge in [-0.25, -0.2) is 0 Å². The van der Waals surface area contributed by atoms with Gasteiger partial charge in [-0.2, -0.15) is 0 Å². The Morgan fingerprint density at radius 1 is 0.889 bits per heavy atom. The van der Waals surface area contributed by atoms with Gasteiger partial charge in [0.1, 0.15) is 8.67 Å². The highest BCUT2D eigenvalue weighted by Gasteiger charge is 2.84. The van der Waals surface area contributed by atoms with Crippen LogP contribution < -0.4 is 0 Å². The molecule has 0 saturated heterocycles. The first-order valence-corrected chi connectivity index (χ1v) is 8.80. The number of halogens is 8. The smallest absolute Gasteiger partial charge is 0.126 e. The van der Waals surface area contributed by atoms with Crippen LogP contribution in [0.3, 0.4) is 0 Å². The number of hydrogen-bond donors (Lipinski definition) is 0. The fourth-order valence-electron chi connectivity index (χ4n) is 3.52. The van der Waals surface area contributed by atoms with E-state index in [0.717, 1.165) is 0 Å². The van der Waals surface area contributed by atoms with E-state index in [-0.39, 0.29) is 23.6 Å².